The zero-order valence-electron chi connectivity index (χ0n) is 19.6. The Balaban J connectivity index is 1.37. The van der Waals surface area contributed by atoms with Crippen molar-refractivity contribution in [3.63, 3.8) is 0 Å². The molecule has 0 radical (unpaired) electrons. The van der Waals surface area contributed by atoms with Crippen LogP contribution in [0.2, 0.25) is 0 Å². The molecule has 1 aliphatic carbocycles. The summed E-state index contributed by atoms with van der Waals surface area (Å²) in [5.41, 5.74) is 1.61. The minimum absolute atomic E-state index is 0.0499. The van der Waals surface area contributed by atoms with Crippen molar-refractivity contribution in [3.8, 4) is 0 Å². The summed E-state index contributed by atoms with van der Waals surface area (Å²) in [5, 5.41) is 6.92. The molecule has 1 saturated heterocycles. The highest BCUT2D eigenvalue weighted by molar-refractivity contribution is 6.03. The highest BCUT2D eigenvalue weighted by Crippen LogP contribution is 2.44. The maximum atomic E-state index is 13.4. The van der Waals surface area contributed by atoms with Crippen molar-refractivity contribution in [2.45, 2.75) is 70.1 Å². The number of rotatable bonds is 2. The number of ether oxygens (including phenoxy) is 1. The number of carbonyl (C=O) groups excluding carboxylic acids is 3. The van der Waals surface area contributed by atoms with Gasteiger partial charge in [-0.15, -0.1) is 0 Å². The van der Waals surface area contributed by atoms with Crippen LogP contribution in [0.4, 0.5) is 4.79 Å². The molecule has 1 spiro atoms. The topological polar surface area (TPSA) is 92.7 Å². The normalized spacial score (nSPS) is 21.8. The van der Waals surface area contributed by atoms with Crippen molar-refractivity contribution >= 4 is 28.8 Å². The fourth-order valence-corrected chi connectivity index (χ4v) is 5.35. The van der Waals surface area contributed by atoms with E-state index < -0.39 is 11.7 Å². The summed E-state index contributed by atoms with van der Waals surface area (Å²) in [5.74, 6) is -0.102. The van der Waals surface area contributed by atoms with E-state index in [4.69, 9.17) is 4.74 Å². The highest BCUT2D eigenvalue weighted by Gasteiger charge is 2.44. The second-order valence-electron chi connectivity index (χ2n) is 10.6. The van der Waals surface area contributed by atoms with Gasteiger partial charge in [-0.05, 0) is 71.1 Å². The maximum absolute atomic E-state index is 13.4. The lowest BCUT2D eigenvalue weighted by molar-refractivity contribution is 0.0452. The number of nitrogens with one attached hydrogen (secondary N) is 2. The molecule has 33 heavy (non-hydrogen) atoms. The quantitative estimate of drug-likeness (QED) is 0.731. The van der Waals surface area contributed by atoms with E-state index in [1.165, 1.54) is 0 Å². The maximum Gasteiger partial charge on any atom is 0.407 e. The predicted octanol–water partition coefficient (Wildman–Crippen LogP) is 3.39. The van der Waals surface area contributed by atoms with E-state index in [0.29, 0.717) is 30.9 Å². The Morgan fingerprint density at radius 1 is 1.18 bits per heavy atom. The molecule has 3 aliphatic rings. The molecule has 1 atom stereocenters. The van der Waals surface area contributed by atoms with E-state index in [0.717, 1.165) is 43.0 Å². The monoisotopic (exact) mass is 452 g/mol. The van der Waals surface area contributed by atoms with Gasteiger partial charge in [-0.3, -0.25) is 9.59 Å². The van der Waals surface area contributed by atoms with Gasteiger partial charge in [0.2, 0.25) is 0 Å². The van der Waals surface area contributed by atoms with E-state index in [2.05, 4.69) is 15.2 Å². The SMILES string of the molecule is CC(C)(C)OC(=O)NC1CCCN(C(=O)c2ccc3cc4n(c3c2)C2(CCC2)CNC4=O)C1. The number of amides is 3. The van der Waals surface area contributed by atoms with Crippen molar-refractivity contribution in [1.29, 1.82) is 0 Å². The fourth-order valence-electron chi connectivity index (χ4n) is 5.35. The summed E-state index contributed by atoms with van der Waals surface area (Å²) < 4.78 is 7.54. The summed E-state index contributed by atoms with van der Waals surface area (Å²) in [6, 6.07) is 7.51. The molecule has 2 fully saturated rings. The molecule has 8 nitrogen and oxygen atoms in total. The Hall–Kier alpha value is -3.03. The second-order valence-corrected chi connectivity index (χ2v) is 10.6. The first-order valence-electron chi connectivity index (χ1n) is 11.9. The molecule has 3 amide bonds. The van der Waals surface area contributed by atoms with Crippen LogP contribution >= 0.6 is 0 Å². The van der Waals surface area contributed by atoms with Crippen LogP contribution in [-0.4, -0.2) is 58.7 Å². The fraction of sp³-hybridized carbons (Fsp3) is 0.560. The first-order valence-corrected chi connectivity index (χ1v) is 11.9. The van der Waals surface area contributed by atoms with Crippen LogP contribution in [0.3, 0.4) is 0 Å². The molecule has 1 saturated carbocycles. The van der Waals surface area contributed by atoms with Crippen molar-refractivity contribution in [1.82, 2.24) is 20.1 Å². The average Bonchev–Trinajstić information content (AvgIpc) is 3.11. The van der Waals surface area contributed by atoms with Gasteiger partial charge < -0.3 is 24.8 Å². The lowest BCUT2D eigenvalue weighted by atomic mass is 9.75. The molecular formula is C25H32N4O4. The minimum Gasteiger partial charge on any atom is -0.444 e. The molecule has 2 N–H and O–H groups in total. The number of piperidine rings is 1. The number of fused-ring (bicyclic) bond motifs is 4. The number of carbonyl (C=O) groups is 3. The van der Waals surface area contributed by atoms with Crippen LogP contribution < -0.4 is 10.6 Å². The molecule has 3 heterocycles. The third-order valence-corrected chi connectivity index (χ3v) is 7.05. The first-order chi connectivity index (χ1) is 15.7. The van der Waals surface area contributed by atoms with E-state index in [9.17, 15) is 14.4 Å². The molecule has 5 rings (SSSR count). The van der Waals surface area contributed by atoms with Gasteiger partial charge in [-0.2, -0.15) is 0 Å². The number of aromatic nitrogens is 1. The zero-order valence-corrected chi connectivity index (χ0v) is 19.6. The van der Waals surface area contributed by atoms with Gasteiger partial charge in [-0.25, -0.2) is 4.79 Å². The second kappa shape index (κ2) is 7.78. The summed E-state index contributed by atoms with van der Waals surface area (Å²) in [4.78, 5) is 39.9. The van der Waals surface area contributed by atoms with Crippen LogP contribution in [0.15, 0.2) is 24.3 Å². The van der Waals surface area contributed by atoms with Crippen LogP contribution in [0.25, 0.3) is 10.9 Å². The summed E-state index contributed by atoms with van der Waals surface area (Å²) in [6.45, 7) is 7.24. The predicted molar refractivity (Wildman–Crippen MR) is 124 cm³/mol. The van der Waals surface area contributed by atoms with E-state index >= 15 is 0 Å². The van der Waals surface area contributed by atoms with Gasteiger partial charge in [0.05, 0.1) is 11.1 Å². The molecule has 1 unspecified atom stereocenters. The van der Waals surface area contributed by atoms with Crippen LogP contribution in [0.1, 0.15) is 73.7 Å². The number of benzene rings is 1. The van der Waals surface area contributed by atoms with Crippen molar-refractivity contribution in [2.75, 3.05) is 19.6 Å². The Labute approximate surface area is 193 Å². The van der Waals surface area contributed by atoms with Gasteiger partial charge in [0.15, 0.2) is 0 Å². The Kier molecular flexibility index (Phi) is 5.14. The molecule has 1 aromatic carbocycles. The van der Waals surface area contributed by atoms with Gasteiger partial charge in [0.25, 0.3) is 11.8 Å². The summed E-state index contributed by atoms with van der Waals surface area (Å²) in [7, 11) is 0. The van der Waals surface area contributed by atoms with Crippen molar-refractivity contribution in [2.24, 2.45) is 0 Å². The van der Waals surface area contributed by atoms with E-state index in [1.54, 1.807) is 4.90 Å². The minimum atomic E-state index is -0.561. The number of likely N-dealkylation sites (tertiary alicyclic amines) is 1. The average molecular weight is 453 g/mol. The Bertz CT molecular complexity index is 1130. The molecular weight excluding hydrogens is 420 g/mol. The van der Waals surface area contributed by atoms with Crippen molar-refractivity contribution in [3.05, 3.63) is 35.5 Å². The van der Waals surface area contributed by atoms with Crippen LogP contribution in [0, 0.1) is 0 Å². The number of nitrogens with zero attached hydrogens (tertiary/aromatic N) is 2. The Morgan fingerprint density at radius 2 is 1.97 bits per heavy atom. The lowest BCUT2D eigenvalue weighted by Crippen LogP contribution is -2.55. The van der Waals surface area contributed by atoms with Crippen molar-refractivity contribution < 1.29 is 19.1 Å². The first kappa shape index (κ1) is 21.8. The van der Waals surface area contributed by atoms with E-state index in [1.807, 2.05) is 45.0 Å². The van der Waals surface area contributed by atoms with E-state index in [-0.39, 0.29) is 23.4 Å². The molecule has 1 aromatic heterocycles. The van der Waals surface area contributed by atoms with Gasteiger partial charge in [0.1, 0.15) is 11.3 Å². The lowest BCUT2D eigenvalue weighted by Gasteiger charge is -2.47. The largest absolute Gasteiger partial charge is 0.444 e. The number of alkyl carbamates (subject to hydrolysis) is 1. The molecule has 2 aromatic rings. The summed E-state index contributed by atoms with van der Waals surface area (Å²) in [6.07, 6.45) is 4.39. The molecule has 8 heteroatoms. The van der Waals surface area contributed by atoms with Gasteiger partial charge in [-0.1, -0.05) is 6.07 Å². The summed E-state index contributed by atoms with van der Waals surface area (Å²) >= 11 is 0. The molecule has 0 bridgehead atoms. The third-order valence-electron chi connectivity index (χ3n) is 7.05. The Morgan fingerprint density at radius 3 is 2.67 bits per heavy atom. The number of hydrogen-bond acceptors (Lipinski definition) is 4. The smallest absolute Gasteiger partial charge is 0.407 e. The van der Waals surface area contributed by atoms with Crippen LogP contribution in [-0.2, 0) is 10.3 Å². The zero-order chi connectivity index (χ0) is 23.4. The molecule has 176 valence electrons. The number of hydrogen-bond donors (Lipinski definition) is 2. The molecule has 2 aliphatic heterocycles. The highest BCUT2D eigenvalue weighted by atomic mass is 16.6. The standard InChI is InChI=1S/C25H32N4O4/c1-24(2,3)33-23(32)27-18-6-4-11-28(14-18)22(31)17-8-7-16-12-20-21(30)26-15-25(9-5-10-25)29(20)19(16)13-17/h7-8,12-13,18H,4-6,9-11,14-15H2,1-3H3,(H,26,30)(H,27,32). The third kappa shape index (κ3) is 3.96. The van der Waals surface area contributed by atoms with Gasteiger partial charge >= 0.3 is 6.09 Å². The van der Waals surface area contributed by atoms with Gasteiger partial charge in [0, 0.05) is 36.6 Å². The van der Waals surface area contributed by atoms with Crippen LogP contribution in [0.5, 0.6) is 0 Å².